The van der Waals surface area contributed by atoms with Crippen molar-refractivity contribution in [3.63, 3.8) is 0 Å². The Balaban J connectivity index is 1.68. The minimum atomic E-state index is -0.491. The highest BCUT2D eigenvalue weighted by atomic mass is 16.4. The van der Waals surface area contributed by atoms with E-state index in [0.717, 1.165) is 46.4 Å². The number of nitrogens with zero attached hydrogens (tertiary/aromatic N) is 1. The molecule has 0 amide bonds. The van der Waals surface area contributed by atoms with Crippen molar-refractivity contribution in [1.82, 2.24) is 0 Å². The first-order valence-electron chi connectivity index (χ1n) is 11.7. The molecule has 6 nitrogen and oxygen atoms in total. The Morgan fingerprint density at radius 1 is 0.800 bits per heavy atom. The molecule has 2 heterocycles. The number of nitrogens with one attached hydrogen (secondary N) is 1. The van der Waals surface area contributed by atoms with Gasteiger partial charge in [0, 0.05) is 60.0 Å². The number of hydrogen-bond donors (Lipinski definition) is 1. The molecule has 5 rings (SSSR count). The predicted octanol–water partition coefficient (Wildman–Crippen LogP) is 6.12. The second-order valence-electron chi connectivity index (χ2n) is 8.33. The number of fused-ring (bicyclic) bond motifs is 2. The van der Waals surface area contributed by atoms with Crippen molar-refractivity contribution in [3.8, 4) is 22.3 Å². The van der Waals surface area contributed by atoms with Gasteiger partial charge >= 0.3 is 11.3 Å². The average molecular weight is 467 g/mol. The maximum atomic E-state index is 13.0. The summed E-state index contributed by atoms with van der Waals surface area (Å²) in [5.74, 6) is 0. The first-order chi connectivity index (χ1) is 17.0. The third-order valence-corrected chi connectivity index (χ3v) is 6.39. The van der Waals surface area contributed by atoms with Crippen molar-refractivity contribution >= 4 is 33.3 Å². The molecule has 0 bridgehead atoms. The van der Waals surface area contributed by atoms with E-state index in [4.69, 9.17) is 8.83 Å². The zero-order valence-corrected chi connectivity index (χ0v) is 19.9. The Hall–Kier alpha value is -4.32. The topological polar surface area (TPSA) is 75.7 Å². The molecule has 3 aromatic carbocycles. The molecule has 176 valence electrons. The van der Waals surface area contributed by atoms with Crippen LogP contribution in [0.25, 0.3) is 44.2 Å². The molecule has 0 saturated carbocycles. The predicted molar refractivity (Wildman–Crippen MR) is 143 cm³/mol. The van der Waals surface area contributed by atoms with Crippen molar-refractivity contribution in [1.29, 1.82) is 0 Å². The first-order valence-corrected chi connectivity index (χ1v) is 11.7. The second kappa shape index (κ2) is 9.14. The quantitative estimate of drug-likeness (QED) is 0.304. The fourth-order valence-corrected chi connectivity index (χ4v) is 4.53. The summed E-state index contributed by atoms with van der Waals surface area (Å²) in [5.41, 5.74) is 4.39. The van der Waals surface area contributed by atoms with Crippen molar-refractivity contribution in [2.75, 3.05) is 30.4 Å². The van der Waals surface area contributed by atoms with Crippen molar-refractivity contribution in [2.45, 2.75) is 13.8 Å². The standard InChI is InChI=1S/C29H26N2O4/c1-4-31(5-2)21-13-10-18(11-14-21)24-17-27(32)35-28-22(24)7-6-8-23(28)25-15-19-9-12-20(30-3)16-26(19)34-29(25)33/h6-17,30H,4-5H2,1-3H3. The fourth-order valence-electron chi connectivity index (χ4n) is 4.53. The number of hydrogen-bond acceptors (Lipinski definition) is 6. The van der Waals surface area contributed by atoms with Gasteiger partial charge in [0.1, 0.15) is 11.2 Å². The molecule has 0 fully saturated rings. The number of rotatable bonds is 6. The molecule has 0 aliphatic carbocycles. The highest BCUT2D eigenvalue weighted by Crippen LogP contribution is 2.34. The lowest BCUT2D eigenvalue weighted by atomic mass is 9.97. The van der Waals surface area contributed by atoms with Crippen molar-refractivity contribution < 1.29 is 8.83 Å². The number of anilines is 2. The van der Waals surface area contributed by atoms with Crippen LogP contribution in [0.5, 0.6) is 0 Å². The molecule has 0 unspecified atom stereocenters. The average Bonchev–Trinajstić information content (AvgIpc) is 2.88. The van der Waals surface area contributed by atoms with Gasteiger partial charge in [-0.2, -0.15) is 0 Å². The second-order valence-corrected chi connectivity index (χ2v) is 8.33. The molecular formula is C29H26N2O4. The Kier molecular flexibility index (Phi) is 5.87. The van der Waals surface area contributed by atoms with Gasteiger partial charge in [0.2, 0.25) is 0 Å². The molecule has 6 heteroatoms. The van der Waals surface area contributed by atoms with Crippen LogP contribution in [0.4, 0.5) is 11.4 Å². The van der Waals surface area contributed by atoms with Crippen LogP contribution >= 0.6 is 0 Å². The first kappa shape index (κ1) is 22.5. The number of para-hydroxylation sites is 1. The summed E-state index contributed by atoms with van der Waals surface area (Å²) in [7, 11) is 1.81. The van der Waals surface area contributed by atoms with E-state index in [2.05, 4.69) is 36.2 Å². The van der Waals surface area contributed by atoms with Gasteiger partial charge in [0.05, 0.1) is 5.56 Å². The third kappa shape index (κ3) is 4.08. The van der Waals surface area contributed by atoms with Crippen LogP contribution in [-0.4, -0.2) is 20.1 Å². The Morgan fingerprint density at radius 2 is 1.57 bits per heavy atom. The molecule has 1 N–H and O–H groups in total. The summed E-state index contributed by atoms with van der Waals surface area (Å²) >= 11 is 0. The minimum absolute atomic E-state index is 0.345. The van der Waals surface area contributed by atoms with Gasteiger partial charge in [-0.05, 0) is 55.3 Å². The van der Waals surface area contributed by atoms with E-state index in [1.54, 1.807) is 25.2 Å². The molecule has 2 aromatic heterocycles. The highest BCUT2D eigenvalue weighted by molar-refractivity contribution is 6.01. The van der Waals surface area contributed by atoms with Gasteiger partial charge in [0.15, 0.2) is 0 Å². The maximum absolute atomic E-state index is 13.0. The van der Waals surface area contributed by atoms with E-state index in [1.807, 2.05) is 36.4 Å². The lowest BCUT2D eigenvalue weighted by molar-refractivity contribution is 0.556. The molecule has 0 saturated heterocycles. The summed E-state index contributed by atoms with van der Waals surface area (Å²) in [6, 6.07) is 22.5. The van der Waals surface area contributed by atoms with E-state index >= 15 is 0 Å². The summed E-state index contributed by atoms with van der Waals surface area (Å²) in [6.45, 7) is 6.08. The van der Waals surface area contributed by atoms with Crippen LogP contribution in [0.1, 0.15) is 13.8 Å². The van der Waals surface area contributed by atoms with E-state index in [9.17, 15) is 9.59 Å². The fraction of sp³-hybridized carbons (Fsp3) is 0.172. The van der Waals surface area contributed by atoms with Crippen LogP contribution < -0.4 is 21.5 Å². The lowest BCUT2D eigenvalue weighted by Crippen LogP contribution is -2.21. The van der Waals surface area contributed by atoms with Gasteiger partial charge in [0.25, 0.3) is 0 Å². The normalized spacial score (nSPS) is 11.2. The van der Waals surface area contributed by atoms with Crippen LogP contribution in [0.2, 0.25) is 0 Å². The molecule has 0 atom stereocenters. The lowest BCUT2D eigenvalue weighted by Gasteiger charge is -2.21. The summed E-state index contributed by atoms with van der Waals surface area (Å²) in [6.07, 6.45) is 0. The zero-order valence-electron chi connectivity index (χ0n) is 19.9. The molecule has 5 aromatic rings. The highest BCUT2D eigenvalue weighted by Gasteiger charge is 2.16. The van der Waals surface area contributed by atoms with Crippen LogP contribution in [-0.2, 0) is 0 Å². The minimum Gasteiger partial charge on any atom is -0.422 e. The molecule has 0 aliphatic heterocycles. The Labute approximate surface area is 202 Å². The smallest absolute Gasteiger partial charge is 0.344 e. The van der Waals surface area contributed by atoms with Crippen molar-refractivity contribution in [2.24, 2.45) is 0 Å². The Morgan fingerprint density at radius 3 is 2.29 bits per heavy atom. The Bertz CT molecular complexity index is 1640. The van der Waals surface area contributed by atoms with Gasteiger partial charge in [-0.3, -0.25) is 0 Å². The van der Waals surface area contributed by atoms with Gasteiger partial charge < -0.3 is 19.1 Å². The summed E-state index contributed by atoms with van der Waals surface area (Å²) in [5, 5.41) is 4.57. The molecule has 0 aliphatic rings. The molecular weight excluding hydrogens is 440 g/mol. The van der Waals surface area contributed by atoms with E-state index < -0.39 is 11.3 Å². The van der Waals surface area contributed by atoms with Gasteiger partial charge in [-0.25, -0.2) is 9.59 Å². The van der Waals surface area contributed by atoms with Crippen LogP contribution in [0.15, 0.2) is 91.2 Å². The monoisotopic (exact) mass is 466 g/mol. The number of benzene rings is 3. The molecule has 0 radical (unpaired) electrons. The molecule has 0 spiro atoms. The summed E-state index contributed by atoms with van der Waals surface area (Å²) < 4.78 is 11.3. The van der Waals surface area contributed by atoms with Crippen LogP contribution in [0.3, 0.4) is 0 Å². The van der Waals surface area contributed by atoms with Crippen LogP contribution in [0, 0.1) is 0 Å². The van der Waals surface area contributed by atoms with Crippen molar-refractivity contribution in [3.05, 3.63) is 93.6 Å². The SMILES string of the molecule is CCN(CC)c1ccc(-c2cc(=O)oc3c(-c4cc5ccc(NC)cc5oc4=O)cccc23)cc1. The van der Waals surface area contributed by atoms with E-state index in [0.29, 0.717) is 22.3 Å². The van der Waals surface area contributed by atoms with E-state index in [1.165, 1.54) is 6.07 Å². The third-order valence-electron chi connectivity index (χ3n) is 6.39. The van der Waals surface area contributed by atoms with Gasteiger partial charge in [-0.1, -0.05) is 30.3 Å². The van der Waals surface area contributed by atoms with Gasteiger partial charge in [-0.15, -0.1) is 0 Å². The maximum Gasteiger partial charge on any atom is 0.344 e. The van der Waals surface area contributed by atoms with E-state index in [-0.39, 0.29) is 0 Å². The molecule has 35 heavy (non-hydrogen) atoms. The summed E-state index contributed by atoms with van der Waals surface area (Å²) in [4.78, 5) is 27.8. The largest absolute Gasteiger partial charge is 0.422 e. The zero-order chi connectivity index (χ0) is 24.5.